The second-order valence-corrected chi connectivity index (χ2v) is 6.85. The minimum absolute atomic E-state index is 0.0662. The van der Waals surface area contributed by atoms with Crippen LogP contribution in [0.3, 0.4) is 0 Å². The van der Waals surface area contributed by atoms with Gasteiger partial charge in [0.05, 0.1) is 25.4 Å². The van der Waals surface area contributed by atoms with Crippen molar-refractivity contribution in [2.75, 3.05) is 19.5 Å². The van der Waals surface area contributed by atoms with E-state index < -0.39 is 5.82 Å². The first-order valence-electron chi connectivity index (χ1n) is 9.59. The van der Waals surface area contributed by atoms with Crippen molar-refractivity contribution in [3.05, 3.63) is 83.9 Å². The molecule has 0 aliphatic carbocycles. The molecule has 0 saturated carbocycles. The summed E-state index contributed by atoms with van der Waals surface area (Å²) in [6.07, 6.45) is 1.51. The second-order valence-electron chi connectivity index (χ2n) is 6.85. The average Bonchev–Trinajstić information content (AvgIpc) is 2.80. The maximum Gasteiger partial charge on any atom is 0.167 e. The maximum atomic E-state index is 14.8. The zero-order valence-corrected chi connectivity index (χ0v) is 17.1. The smallest absolute Gasteiger partial charge is 0.167 e. The van der Waals surface area contributed by atoms with E-state index in [9.17, 15) is 9.18 Å². The number of methoxy groups -OCH3 is 2. The van der Waals surface area contributed by atoms with Gasteiger partial charge in [-0.25, -0.2) is 14.4 Å². The maximum absolute atomic E-state index is 14.8. The van der Waals surface area contributed by atoms with Gasteiger partial charge in [0.15, 0.2) is 17.3 Å². The van der Waals surface area contributed by atoms with Crippen LogP contribution in [0.5, 0.6) is 11.5 Å². The summed E-state index contributed by atoms with van der Waals surface area (Å²) in [5.74, 6) is 0.938. The summed E-state index contributed by atoms with van der Waals surface area (Å²) in [5, 5.41) is 3.66. The molecule has 6 nitrogen and oxygen atoms in total. The molecule has 1 aromatic heterocycles. The molecule has 0 atom stereocenters. The summed E-state index contributed by atoms with van der Waals surface area (Å²) in [4.78, 5) is 20.9. The SMILES string of the molecule is COc1cc2ncnc(Nc3ccc(CC(=O)c4ccccc4)cc3F)c2cc1OC. The molecule has 0 fully saturated rings. The van der Waals surface area contributed by atoms with Crippen molar-refractivity contribution in [1.29, 1.82) is 0 Å². The minimum atomic E-state index is -0.481. The van der Waals surface area contributed by atoms with E-state index in [0.717, 1.165) is 0 Å². The lowest BCUT2D eigenvalue weighted by molar-refractivity contribution is 0.0993. The van der Waals surface area contributed by atoms with Crippen LogP contribution in [0.1, 0.15) is 15.9 Å². The molecule has 0 unspecified atom stereocenters. The molecule has 3 aromatic carbocycles. The number of nitrogens with zero attached hydrogens (tertiary/aromatic N) is 2. The highest BCUT2D eigenvalue weighted by atomic mass is 19.1. The molecule has 1 heterocycles. The van der Waals surface area contributed by atoms with E-state index in [1.807, 2.05) is 6.07 Å². The molecule has 31 heavy (non-hydrogen) atoms. The van der Waals surface area contributed by atoms with Crippen molar-refractivity contribution in [3.8, 4) is 11.5 Å². The Morgan fingerprint density at radius 2 is 1.71 bits per heavy atom. The Labute approximate surface area is 178 Å². The number of aromatic nitrogens is 2. The summed E-state index contributed by atoms with van der Waals surface area (Å²) in [6.45, 7) is 0. The van der Waals surface area contributed by atoms with Gasteiger partial charge in [-0.2, -0.15) is 0 Å². The molecule has 156 valence electrons. The number of ether oxygens (including phenoxy) is 2. The third-order valence-corrected chi connectivity index (χ3v) is 4.89. The third-order valence-electron chi connectivity index (χ3n) is 4.89. The van der Waals surface area contributed by atoms with Crippen molar-refractivity contribution in [2.45, 2.75) is 6.42 Å². The first-order chi connectivity index (χ1) is 15.1. The van der Waals surface area contributed by atoms with Gasteiger partial charge in [-0.15, -0.1) is 0 Å². The Kier molecular flexibility index (Phi) is 5.75. The molecule has 1 N–H and O–H groups in total. The van der Waals surface area contributed by atoms with Crippen molar-refractivity contribution >= 4 is 28.2 Å². The van der Waals surface area contributed by atoms with Crippen LogP contribution >= 0.6 is 0 Å². The van der Waals surface area contributed by atoms with Crippen molar-refractivity contribution in [2.24, 2.45) is 0 Å². The zero-order valence-electron chi connectivity index (χ0n) is 17.1. The monoisotopic (exact) mass is 417 g/mol. The van der Waals surface area contributed by atoms with Gasteiger partial charge in [0, 0.05) is 23.4 Å². The van der Waals surface area contributed by atoms with Crippen LogP contribution < -0.4 is 14.8 Å². The number of halogens is 1. The molecule has 4 aromatic rings. The summed E-state index contributed by atoms with van der Waals surface area (Å²) >= 11 is 0. The predicted molar refractivity (Wildman–Crippen MR) is 117 cm³/mol. The predicted octanol–water partition coefficient (Wildman–Crippen LogP) is 4.96. The van der Waals surface area contributed by atoms with E-state index in [4.69, 9.17) is 9.47 Å². The van der Waals surface area contributed by atoms with Crippen LogP contribution in [-0.2, 0) is 6.42 Å². The first kappa shape index (κ1) is 20.3. The first-order valence-corrected chi connectivity index (χ1v) is 9.59. The Morgan fingerprint density at radius 3 is 2.42 bits per heavy atom. The lowest BCUT2D eigenvalue weighted by Crippen LogP contribution is -2.04. The number of carbonyl (C=O) groups is 1. The van der Waals surface area contributed by atoms with E-state index in [0.29, 0.717) is 39.3 Å². The number of rotatable bonds is 7. The van der Waals surface area contributed by atoms with Gasteiger partial charge in [-0.1, -0.05) is 36.4 Å². The number of fused-ring (bicyclic) bond motifs is 1. The largest absolute Gasteiger partial charge is 0.493 e. The van der Waals surface area contributed by atoms with E-state index in [1.54, 1.807) is 55.6 Å². The summed E-state index contributed by atoms with van der Waals surface area (Å²) in [5.41, 5.74) is 2.06. The molecule has 0 radical (unpaired) electrons. The summed E-state index contributed by atoms with van der Waals surface area (Å²) < 4.78 is 25.4. The minimum Gasteiger partial charge on any atom is -0.493 e. The summed E-state index contributed by atoms with van der Waals surface area (Å²) in [7, 11) is 3.08. The van der Waals surface area contributed by atoms with Crippen LogP contribution in [0.4, 0.5) is 15.9 Å². The number of ketones is 1. The molecule has 0 aliphatic heterocycles. The van der Waals surface area contributed by atoms with E-state index in [2.05, 4.69) is 15.3 Å². The zero-order chi connectivity index (χ0) is 21.8. The number of Topliss-reactive ketones (excluding diaryl/α,β-unsaturated/α-hetero) is 1. The van der Waals surface area contributed by atoms with Gasteiger partial charge in [0.2, 0.25) is 0 Å². The van der Waals surface area contributed by atoms with Gasteiger partial charge < -0.3 is 14.8 Å². The third kappa shape index (κ3) is 4.30. The van der Waals surface area contributed by atoms with Crippen molar-refractivity contribution in [1.82, 2.24) is 9.97 Å². The van der Waals surface area contributed by atoms with Crippen LogP contribution in [0.25, 0.3) is 10.9 Å². The molecule has 0 spiro atoms. The fourth-order valence-corrected chi connectivity index (χ4v) is 3.29. The molecule has 7 heteroatoms. The Balaban J connectivity index is 1.60. The molecule has 0 aliphatic rings. The number of anilines is 2. The summed E-state index contributed by atoms with van der Waals surface area (Å²) in [6, 6.07) is 17.1. The lowest BCUT2D eigenvalue weighted by Gasteiger charge is -2.13. The number of nitrogens with one attached hydrogen (secondary N) is 1. The van der Waals surface area contributed by atoms with Crippen molar-refractivity contribution < 1.29 is 18.7 Å². The average molecular weight is 417 g/mol. The highest BCUT2D eigenvalue weighted by Crippen LogP contribution is 2.34. The fraction of sp³-hybridized carbons (Fsp3) is 0.125. The molecule has 0 amide bonds. The van der Waals surface area contributed by atoms with E-state index in [-0.39, 0.29) is 17.9 Å². The highest BCUT2D eigenvalue weighted by Gasteiger charge is 2.14. The fourth-order valence-electron chi connectivity index (χ4n) is 3.29. The lowest BCUT2D eigenvalue weighted by atomic mass is 10.0. The van der Waals surface area contributed by atoms with Gasteiger partial charge in [0.1, 0.15) is 18.0 Å². The van der Waals surface area contributed by atoms with Crippen LogP contribution in [0.15, 0.2) is 67.0 Å². The molecule has 0 bridgehead atoms. The highest BCUT2D eigenvalue weighted by molar-refractivity contribution is 5.97. The topological polar surface area (TPSA) is 73.3 Å². The van der Waals surface area contributed by atoms with E-state index >= 15 is 0 Å². The van der Waals surface area contributed by atoms with Crippen LogP contribution in [0, 0.1) is 5.82 Å². The van der Waals surface area contributed by atoms with Gasteiger partial charge in [0.25, 0.3) is 0 Å². The Bertz CT molecular complexity index is 1250. The normalized spacial score (nSPS) is 10.7. The van der Waals surface area contributed by atoms with Crippen LogP contribution in [0.2, 0.25) is 0 Å². The molecule has 0 saturated heterocycles. The van der Waals surface area contributed by atoms with Crippen LogP contribution in [-0.4, -0.2) is 30.0 Å². The van der Waals surface area contributed by atoms with Gasteiger partial charge in [-0.05, 0) is 23.8 Å². The van der Waals surface area contributed by atoms with E-state index in [1.165, 1.54) is 19.5 Å². The number of hydrogen-bond acceptors (Lipinski definition) is 6. The Morgan fingerprint density at radius 1 is 0.968 bits per heavy atom. The van der Waals surface area contributed by atoms with Gasteiger partial charge >= 0.3 is 0 Å². The number of benzene rings is 3. The molecular formula is C24H20FN3O3. The Hall–Kier alpha value is -4.00. The standard InChI is InChI=1S/C24H20FN3O3/c1-30-22-12-17-20(13-23(22)31-2)26-14-27-24(17)28-19-9-8-15(10-18(19)25)11-21(29)16-6-4-3-5-7-16/h3-10,12-14H,11H2,1-2H3,(H,26,27,28). The number of hydrogen-bond donors (Lipinski definition) is 1. The molecular weight excluding hydrogens is 397 g/mol. The quantitative estimate of drug-likeness (QED) is 0.429. The van der Waals surface area contributed by atoms with Gasteiger partial charge in [-0.3, -0.25) is 4.79 Å². The van der Waals surface area contributed by atoms with Crippen molar-refractivity contribution in [3.63, 3.8) is 0 Å². The second kappa shape index (κ2) is 8.79. The molecule has 4 rings (SSSR count). The number of carbonyl (C=O) groups excluding carboxylic acids is 1.